The van der Waals surface area contributed by atoms with Gasteiger partial charge < -0.3 is 10.4 Å². The van der Waals surface area contributed by atoms with Gasteiger partial charge in [0.25, 0.3) is 0 Å². The molecule has 0 aliphatic heterocycles. The van der Waals surface area contributed by atoms with E-state index in [1.54, 1.807) is 34.8 Å². The predicted octanol–water partition coefficient (Wildman–Crippen LogP) is 3.47. The van der Waals surface area contributed by atoms with E-state index in [0.717, 1.165) is 5.56 Å². The fourth-order valence-corrected chi connectivity index (χ4v) is 2.97. The highest BCUT2D eigenvalue weighted by molar-refractivity contribution is 6.36. The van der Waals surface area contributed by atoms with E-state index in [-0.39, 0.29) is 11.6 Å². The molecule has 2 N–H and O–H groups in total. The van der Waals surface area contributed by atoms with E-state index in [2.05, 4.69) is 22.0 Å². The van der Waals surface area contributed by atoms with Crippen molar-refractivity contribution in [2.45, 2.75) is 6.54 Å². The van der Waals surface area contributed by atoms with Gasteiger partial charge in [0.1, 0.15) is 25.2 Å². The molecule has 2 aromatic carbocycles. The van der Waals surface area contributed by atoms with Crippen molar-refractivity contribution < 1.29 is 9.50 Å². The van der Waals surface area contributed by atoms with Crippen LogP contribution in [0.5, 0.6) is 0 Å². The van der Waals surface area contributed by atoms with Gasteiger partial charge in [-0.05, 0) is 29.2 Å². The van der Waals surface area contributed by atoms with Gasteiger partial charge in [0.15, 0.2) is 5.65 Å². The molecule has 2 aromatic heterocycles. The highest BCUT2D eigenvalue weighted by Gasteiger charge is 2.13. The number of benzene rings is 2. The van der Waals surface area contributed by atoms with E-state index >= 15 is 0 Å². The van der Waals surface area contributed by atoms with Crippen LogP contribution in [0.25, 0.3) is 22.7 Å². The van der Waals surface area contributed by atoms with Crippen LogP contribution in [0.1, 0.15) is 11.1 Å². The number of hydrogen-bond donors (Lipinski definition) is 2. The zero-order valence-corrected chi connectivity index (χ0v) is 14.9. The van der Waals surface area contributed by atoms with Crippen molar-refractivity contribution in [1.82, 2.24) is 14.6 Å². The van der Waals surface area contributed by atoms with Gasteiger partial charge in [0.2, 0.25) is 0 Å². The first-order chi connectivity index (χ1) is 13.5. The second-order valence-electron chi connectivity index (χ2n) is 6.34. The summed E-state index contributed by atoms with van der Waals surface area (Å²) in [5.41, 5.74) is 3.27. The van der Waals surface area contributed by atoms with Crippen LogP contribution in [0.15, 0.2) is 67.4 Å². The molecule has 5 nitrogen and oxygen atoms in total. The molecule has 0 spiro atoms. The summed E-state index contributed by atoms with van der Waals surface area (Å²) in [6.45, 7) is 4.00. The molecular weight excluding hydrogens is 354 g/mol. The Morgan fingerprint density at radius 3 is 2.79 bits per heavy atom. The molecule has 0 aliphatic rings. The first-order valence-corrected chi connectivity index (χ1v) is 8.63. The van der Waals surface area contributed by atoms with Gasteiger partial charge in [-0.3, -0.25) is 0 Å². The van der Waals surface area contributed by atoms with Crippen LogP contribution >= 0.6 is 0 Å². The molecule has 0 aliphatic carbocycles. The number of anilines is 1. The Kier molecular flexibility index (Phi) is 4.57. The van der Waals surface area contributed by atoms with Crippen molar-refractivity contribution in [3.63, 3.8) is 0 Å². The number of fused-ring (bicyclic) bond motifs is 1. The zero-order valence-electron chi connectivity index (χ0n) is 14.9. The summed E-state index contributed by atoms with van der Waals surface area (Å²) in [5, 5.41) is 17.1. The third-order valence-corrected chi connectivity index (χ3v) is 4.38. The van der Waals surface area contributed by atoms with Crippen LogP contribution in [-0.2, 0) is 6.54 Å². The van der Waals surface area contributed by atoms with Crippen LogP contribution < -0.4 is 10.8 Å². The monoisotopic (exact) mass is 370 g/mol. The summed E-state index contributed by atoms with van der Waals surface area (Å²) >= 11 is 0. The van der Waals surface area contributed by atoms with Gasteiger partial charge in [-0.1, -0.05) is 36.9 Å². The summed E-state index contributed by atoms with van der Waals surface area (Å²) in [5.74, 6) is 0.264. The summed E-state index contributed by atoms with van der Waals surface area (Å²) < 4.78 is 15.8. The highest BCUT2D eigenvalue weighted by Crippen LogP contribution is 2.24. The van der Waals surface area contributed by atoms with Crippen molar-refractivity contribution in [3.8, 4) is 11.3 Å². The molecule has 0 unspecified atom stereocenters. The normalized spacial score (nSPS) is 10.9. The smallest absolute Gasteiger partial charge is 0.150 e. The Morgan fingerprint density at radius 2 is 2.00 bits per heavy atom. The predicted molar refractivity (Wildman–Crippen MR) is 109 cm³/mol. The summed E-state index contributed by atoms with van der Waals surface area (Å²) in [4.78, 5) is 4.47. The largest absolute Gasteiger partial charge is 0.508 e. The molecule has 0 saturated heterocycles. The molecule has 0 amide bonds. The number of halogens is 1. The lowest BCUT2D eigenvalue weighted by molar-refractivity contribution is 0.513. The lowest BCUT2D eigenvalue weighted by atomic mass is 10.0. The number of hydrogen-bond acceptors (Lipinski definition) is 4. The van der Waals surface area contributed by atoms with Crippen molar-refractivity contribution >= 4 is 30.5 Å². The molecule has 7 heteroatoms. The second-order valence-corrected chi connectivity index (χ2v) is 6.34. The number of aliphatic hydroxyl groups excluding tert-OH is 1. The van der Waals surface area contributed by atoms with E-state index in [9.17, 15) is 9.50 Å². The molecule has 28 heavy (non-hydrogen) atoms. The molecular formula is C21H16BFN4O. The molecule has 2 radical (unpaired) electrons. The van der Waals surface area contributed by atoms with Crippen LogP contribution in [0.3, 0.4) is 0 Å². The molecule has 0 atom stereocenters. The van der Waals surface area contributed by atoms with Crippen LogP contribution in [0.4, 0.5) is 10.2 Å². The lowest BCUT2D eigenvalue weighted by Crippen LogP contribution is -2.10. The van der Waals surface area contributed by atoms with Crippen LogP contribution in [0.2, 0.25) is 0 Å². The van der Waals surface area contributed by atoms with Crippen LogP contribution in [0, 0.1) is 5.82 Å². The summed E-state index contributed by atoms with van der Waals surface area (Å²) in [7, 11) is 5.99. The Morgan fingerprint density at radius 1 is 1.18 bits per heavy atom. The average molecular weight is 370 g/mol. The maximum Gasteiger partial charge on any atom is 0.150 e. The molecule has 2 heterocycles. The number of rotatable bonds is 5. The van der Waals surface area contributed by atoms with Gasteiger partial charge in [0.05, 0.1) is 5.69 Å². The van der Waals surface area contributed by atoms with Gasteiger partial charge in [-0.25, -0.2) is 9.37 Å². The molecule has 0 bridgehead atoms. The molecule has 136 valence electrons. The van der Waals surface area contributed by atoms with Gasteiger partial charge >= 0.3 is 0 Å². The molecule has 4 rings (SSSR count). The zero-order chi connectivity index (χ0) is 19.7. The Hall–Kier alpha value is -3.61. The van der Waals surface area contributed by atoms with Crippen molar-refractivity contribution in [2.75, 3.05) is 5.32 Å². The molecule has 4 aromatic rings. The quantitative estimate of drug-likeness (QED) is 0.417. The fraction of sp³-hybridized carbons (Fsp3) is 0.0476. The van der Waals surface area contributed by atoms with Gasteiger partial charge in [0, 0.05) is 29.9 Å². The number of nitrogens with zero attached hydrogens (tertiary/aromatic N) is 3. The Balaban J connectivity index is 1.73. The number of aromatic nitrogens is 3. The van der Waals surface area contributed by atoms with Crippen molar-refractivity contribution in [1.29, 1.82) is 0 Å². The summed E-state index contributed by atoms with van der Waals surface area (Å²) in [6, 6.07) is 15.6. The van der Waals surface area contributed by atoms with E-state index in [1.165, 1.54) is 12.3 Å². The topological polar surface area (TPSA) is 62.5 Å². The third-order valence-electron chi connectivity index (χ3n) is 4.38. The maximum absolute atomic E-state index is 14.3. The van der Waals surface area contributed by atoms with Gasteiger partial charge in [-0.2, -0.15) is 9.61 Å². The average Bonchev–Trinajstić information content (AvgIpc) is 3.08. The second kappa shape index (κ2) is 7.19. The van der Waals surface area contributed by atoms with Gasteiger partial charge in [-0.15, -0.1) is 0 Å². The minimum atomic E-state index is -0.363. The third kappa shape index (κ3) is 3.34. The van der Waals surface area contributed by atoms with Crippen LogP contribution in [-0.4, -0.2) is 27.6 Å². The maximum atomic E-state index is 14.3. The lowest BCUT2D eigenvalue weighted by Gasteiger charge is -2.12. The highest BCUT2D eigenvalue weighted by atomic mass is 19.1. The Bertz CT molecular complexity index is 1190. The minimum absolute atomic E-state index is 0.00911. The minimum Gasteiger partial charge on any atom is -0.508 e. The molecule has 0 saturated carbocycles. The molecule has 0 fully saturated rings. The SMILES string of the molecule is [B]c1cnn2c(NCc3cccc(C(=C)O)c3)cc(-c3ccccc3F)nc12. The standard InChI is InChI=1S/C21H16BFN4O/c1-13(28)15-6-4-5-14(9-15)11-24-20-10-19(16-7-2-3-8-18(16)23)26-21-17(22)12-25-27(20)21/h2-10,12,24,28H,1,11H2. The summed E-state index contributed by atoms with van der Waals surface area (Å²) in [6.07, 6.45) is 1.51. The first-order valence-electron chi connectivity index (χ1n) is 8.63. The number of aliphatic hydroxyl groups is 1. The van der Waals surface area contributed by atoms with E-state index in [4.69, 9.17) is 7.85 Å². The fourth-order valence-electron chi connectivity index (χ4n) is 2.97. The Labute approximate surface area is 162 Å². The number of nitrogens with one attached hydrogen (secondary N) is 1. The van der Waals surface area contributed by atoms with E-state index in [1.807, 2.05) is 18.2 Å². The van der Waals surface area contributed by atoms with Crippen molar-refractivity contribution in [2.24, 2.45) is 0 Å². The van der Waals surface area contributed by atoms with E-state index in [0.29, 0.717) is 40.3 Å². The first kappa shape index (κ1) is 17.8. The van der Waals surface area contributed by atoms with E-state index < -0.39 is 0 Å². The van der Waals surface area contributed by atoms with Crippen molar-refractivity contribution in [3.05, 3.63) is 84.3 Å².